The normalized spacial score (nSPS) is 23.0. The summed E-state index contributed by atoms with van der Waals surface area (Å²) in [5.41, 5.74) is 0. The Morgan fingerprint density at radius 3 is 2.86 bits per heavy atom. The zero-order valence-corrected chi connectivity index (χ0v) is 9.25. The lowest BCUT2D eigenvalue weighted by Gasteiger charge is -2.13. The number of rotatable bonds is 4. The fourth-order valence-corrected chi connectivity index (χ4v) is 1.56. The summed E-state index contributed by atoms with van der Waals surface area (Å²) in [5, 5.41) is 2.96. The van der Waals surface area contributed by atoms with Gasteiger partial charge in [0.25, 0.3) is 0 Å². The van der Waals surface area contributed by atoms with E-state index in [-0.39, 0.29) is 18.6 Å². The van der Waals surface area contributed by atoms with E-state index < -0.39 is 0 Å². The minimum atomic E-state index is -0.000926. The maximum Gasteiger partial charge on any atom is 0.246 e. The lowest BCUT2D eigenvalue weighted by molar-refractivity contribution is -0.127. The van der Waals surface area contributed by atoms with Crippen LogP contribution >= 0.6 is 0 Å². The summed E-state index contributed by atoms with van der Waals surface area (Å²) >= 11 is 0. The number of nitrogens with one attached hydrogen (secondary N) is 1. The predicted molar refractivity (Wildman–Crippen MR) is 55.1 cm³/mol. The van der Waals surface area contributed by atoms with Crippen molar-refractivity contribution in [1.29, 1.82) is 0 Å². The molecule has 0 aromatic heterocycles. The molecule has 4 heteroatoms. The molecule has 0 aliphatic carbocycles. The molecule has 1 aliphatic heterocycles. The van der Waals surface area contributed by atoms with E-state index in [1.54, 1.807) is 0 Å². The first kappa shape index (κ1) is 11.5. The molecule has 0 bridgehead atoms. The maximum absolute atomic E-state index is 11.4. The SMILES string of the molecule is CC(C)OCC(=O)NC1CCN(C)C1. The first-order chi connectivity index (χ1) is 6.58. The van der Waals surface area contributed by atoms with E-state index in [1.807, 2.05) is 13.8 Å². The van der Waals surface area contributed by atoms with Crippen molar-refractivity contribution in [3.8, 4) is 0 Å². The molecule has 0 aromatic rings. The van der Waals surface area contributed by atoms with Crippen LogP contribution in [0.25, 0.3) is 0 Å². The number of nitrogens with zero attached hydrogens (tertiary/aromatic N) is 1. The van der Waals surface area contributed by atoms with Gasteiger partial charge in [0.05, 0.1) is 6.10 Å². The minimum absolute atomic E-state index is 0.000926. The molecule has 1 heterocycles. The number of carbonyl (C=O) groups is 1. The van der Waals surface area contributed by atoms with Gasteiger partial charge in [-0.1, -0.05) is 0 Å². The summed E-state index contributed by atoms with van der Waals surface area (Å²) in [4.78, 5) is 13.6. The van der Waals surface area contributed by atoms with Crippen LogP contribution in [0.3, 0.4) is 0 Å². The molecule has 1 saturated heterocycles. The Balaban J connectivity index is 2.14. The molecule has 0 aromatic carbocycles. The fourth-order valence-electron chi connectivity index (χ4n) is 1.56. The van der Waals surface area contributed by atoms with Crippen molar-refractivity contribution in [1.82, 2.24) is 10.2 Å². The first-order valence-corrected chi connectivity index (χ1v) is 5.17. The van der Waals surface area contributed by atoms with Gasteiger partial charge in [-0.3, -0.25) is 4.79 Å². The second-order valence-electron chi connectivity index (χ2n) is 4.18. The number of ether oxygens (including phenoxy) is 1. The molecule has 4 nitrogen and oxygen atoms in total. The smallest absolute Gasteiger partial charge is 0.246 e. The van der Waals surface area contributed by atoms with Gasteiger partial charge in [-0.2, -0.15) is 0 Å². The molecule has 1 N–H and O–H groups in total. The average molecular weight is 200 g/mol. The van der Waals surface area contributed by atoms with E-state index >= 15 is 0 Å². The van der Waals surface area contributed by atoms with Gasteiger partial charge in [-0.05, 0) is 33.9 Å². The summed E-state index contributed by atoms with van der Waals surface area (Å²) in [6, 6.07) is 0.309. The number of carbonyl (C=O) groups excluding carboxylic acids is 1. The highest BCUT2D eigenvalue weighted by molar-refractivity contribution is 5.77. The number of likely N-dealkylation sites (N-methyl/N-ethyl adjacent to an activating group) is 1. The molecule has 0 spiro atoms. The predicted octanol–water partition coefficient (Wildman–Crippen LogP) is 0.232. The summed E-state index contributed by atoms with van der Waals surface area (Å²) in [6.45, 7) is 6.05. The third-order valence-corrected chi connectivity index (χ3v) is 2.30. The standard InChI is InChI=1S/C10H20N2O2/c1-8(2)14-7-10(13)11-9-4-5-12(3)6-9/h8-9H,4-7H2,1-3H3,(H,11,13). The van der Waals surface area contributed by atoms with Crippen LogP contribution in [0.4, 0.5) is 0 Å². The van der Waals surface area contributed by atoms with Gasteiger partial charge in [0.2, 0.25) is 5.91 Å². The zero-order chi connectivity index (χ0) is 10.6. The fraction of sp³-hybridized carbons (Fsp3) is 0.900. The van der Waals surface area contributed by atoms with Gasteiger partial charge < -0.3 is 15.0 Å². The summed E-state index contributed by atoms with van der Waals surface area (Å²) < 4.78 is 5.22. The highest BCUT2D eigenvalue weighted by Gasteiger charge is 2.20. The Hall–Kier alpha value is -0.610. The third kappa shape index (κ3) is 4.07. The molecule has 0 saturated carbocycles. The summed E-state index contributed by atoms with van der Waals surface area (Å²) in [7, 11) is 2.07. The summed E-state index contributed by atoms with van der Waals surface area (Å²) in [6.07, 6.45) is 1.16. The van der Waals surface area contributed by atoms with Crippen LogP contribution in [0.5, 0.6) is 0 Å². The zero-order valence-electron chi connectivity index (χ0n) is 9.25. The maximum atomic E-state index is 11.4. The quantitative estimate of drug-likeness (QED) is 0.706. The molecular formula is C10H20N2O2. The molecule has 1 rings (SSSR count). The van der Waals surface area contributed by atoms with Crippen LogP contribution in [-0.2, 0) is 9.53 Å². The molecule has 1 fully saturated rings. The van der Waals surface area contributed by atoms with E-state index in [2.05, 4.69) is 17.3 Å². The number of likely N-dealkylation sites (tertiary alicyclic amines) is 1. The molecule has 0 radical (unpaired) electrons. The largest absolute Gasteiger partial charge is 0.369 e. The molecule has 1 aliphatic rings. The van der Waals surface area contributed by atoms with Crippen LogP contribution in [0.2, 0.25) is 0 Å². The summed E-state index contributed by atoms with van der Waals surface area (Å²) in [5.74, 6) is -0.000926. The topological polar surface area (TPSA) is 41.6 Å². The Morgan fingerprint density at radius 1 is 1.64 bits per heavy atom. The number of hydrogen-bond donors (Lipinski definition) is 1. The van der Waals surface area contributed by atoms with Crippen molar-refractivity contribution in [2.75, 3.05) is 26.7 Å². The van der Waals surface area contributed by atoms with E-state index in [4.69, 9.17) is 4.74 Å². The van der Waals surface area contributed by atoms with Gasteiger partial charge in [0.15, 0.2) is 0 Å². The van der Waals surface area contributed by atoms with Crippen LogP contribution < -0.4 is 5.32 Å². The van der Waals surface area contributed by atoms with Crippen LogP contribution in [0.15, 0.2) is 0 Å². The lowest BCUT2D eigenvalue weighted by atomic mass is 10.2. The molecule has 1 amide bonds. The molecule has 1 atom stereocenters. The highest BCUT2D eigenvalue weighted by Crippen LogP contribution is 2.05. The lowest BCUT2D eigenvalue weighted by Crippen LogP contribution is -2.39. The highest BCUT2D eigenvalue weighted by atomic mass is 16.5. The van der Waals surface area contributed by atoms with E-state index in [1.165, 1.54) is 0 Å². The monoisotopic (exact) mass is 200 g/mol. The second-order valence-corrected chi connectivity index (χ2v) is 4.18. The van der Waals surface area contributed by atoms with Gasteiger partial charge in [-0.25, -0.2) is 0 Å². The van der Waals surface area contributed by atoms with Gasteiger partial charge in [0.1, 0.15) is 6.61 Å². The van der Waals surface area contributed by atoms with Crippen molar-refractivity contribution in [2.24, 2.45) is 0 Å². The van der Waals surface area contributed by atoms with E-state index in [9.17, 15) is 4.79 Å². The first-order valence-electron chi connectivity index (χ1n) is 5.17. The Labute approximate surface area is 85.6 Å². The second kappa shape index (κ2) is 5.32. The molecule has 14 heavy (non-hydrogen) atoms. The van der Waals surface area contributed by atoms with Crippen LogP contribution in [-0.4, -0.2) is 49.7 Å². The molecule has 82 valence electrons. The van der Waals surface area contributed by atoms with Crippen molar-refractivity contribution < 1.29 is 9.53 Å². The van der Waals surface area contributed by atoms with Crippen LogP contribution in [0, 0.1) is 0 Å². The van der Waals surface area contributed by atoms with Gasteiger partial charge in [-0.15, -0.1) is 0 Å². The Bertz CT molecular complexity index is 195. The average Bonchev–Trinajstić information content (AvgIpc) is 2.48. The van der Waals surface area contributed by atoms with Gasteiger partial charge in [0, 0.05) is 12.6 Å². The number of hydrogen-bond acceptors (Lipinski definition) is 3. The van der Waals surface area contributed by atoms with Crippen molar-refractivity contribution in [2.45, 2.75) is 32.4 Å². The molecule has 1 unspecified atom stereocenters. The Kier molecular flexibility index (Phi) is 4.35. The third-order valence-electron chi connectivity index (χ3n) is 2.30. The van der Waals surface area contributed by atoms with E-state index in [0.29, 0.717) is 6.04 Å². The Morgan fingerprint density at radius 2 is 2.36 bits per heavy atom. The van der Waals surface area contributed by atoms with Crippen molar-refractivity contribution >= 4 is 5.91 Å². The van der Waals surface area contributed by atoms with Gasteiger partial charge >= 0.3 is 0 Å². The molecular weight excluding hydrogens is 180 g/mol. The van der Waals surface area contributed by atoms with Crippen molar-refractivity contribution in [3.05, 3.63) is 0 Å². The van der Waals surface area contributed by atoms with Crippen LogP contribution in [0.1, 0.15) is 20.3 Å². The van der Waals surface area contributed by atoms with Crippen molar-refractivity contribution in [3.63, 3.8) is 0 Å². The van der Waals surface area contributed by atoms with E-state index in [0.717, 1.165) is 19.5 Å². The minimum Gasteiger partial charge on any atom is -0.369 e. The number of amides is 1.